The van der Waals surface area contributed by atoms with E-state index < -0.39 is 0 Å². The number of fused-ring (bicyclic) bond motifs is 1. The van der Waals surface area contributed by atoms with E-state index in [1.54, 1.807) is 7.11 Å². The number of nitrogens with zero attached hydrogens (tertiary/aromatic N) is 1. The van der Waals surface area contributed by atoms with Gasteiger partial charge in [0.1, 0.15) is 11.3 Å². The molecule has 0 saturated carbocycles. The molecule has 1 amide bonds. The molecule has 0 aliphatic carbocycles. The molecule has 1 N–H and O–H groups in total. The van der Waals surface area contributed by atoms with Crippen LogP contribution in [0.1, 0.15) is 29.6 Å². The Hall–Kier alpha value is -2.92. The first kappa shape index (κ1) is 18.4. The summed E-state index contributed by atoms with van der Waals surface area (Å²) in [5.74, 6) is 0.675. The van der Waals surface area contributed by atoms with Crippen molar-refractivity contribution in [2.75, 3.05) is 20.3 Å². The van der Waals surface area contributed by atoms with E-state index in [9.17, 15) is 4.79 Å². The molecule has 28 heavy (non-hydrogen) atoms. The van der Waals surface area contributed by atoms with E-state index in [4.69, 9.17) is 14.5 Å². The van der Waals surface area contributed by atoms with Gasteiger partial charge in [0.25, 0.3) is 5.91 Å². The first-order valence-corrected chi connectivity index (χ1v) is 9.68. The minimum absolute atomic E-state index is 0.0751. The molecule has 3 aromatic rings. The summed E-state index contributed by atoms with van der Waals surface area (Å²) in [6, 6.07) is 17.4. The van der Waals surface area contributed by atoms with Crippen molar-refractivity contribution in [1.29, 1.82) is 0 Å². The third kappa shape index (κ3) is 3.99. The summed E-state index contributed by atoms with van der Waals surface area (Å²) < 4.78 is 11.1. The predicted molar refractivity (Wildman–Crippen MR) is 110 cm³/mol. The van der Waals surface area contributed by atoms with Crippen molar-refractivity contribution in [3.63, 3.8) is 0 Å². The summed E-state index contributed by atoms with van der Waals surface area (Å²) in [6.07, 6.45) is 3.42. The lowest BCUT2D eigenvalue weighted by molar-refractivity contribution is 0.0169. The van der Waals surface area contributed by atoms with Crippen LogP contribution in [0.15, 0.2) is 54.6 Å². The van der Waals surface area contributed by atoms with Crippen molar-refractivity contribution >= 4 is 16.8 Å². The molecule has 1 atom stereocenters. The second-order valence-corrected chi connectivity index (χ2v) is 7.00. The Morgan fingerprint density at radius 2 is 2.00 bits per heavy atom. The van der Waals surface area contributed by atoms with Gasteiger partial charge in [0.05, 0.1) is 18.9 Å². The highest BCUT2D eigenvalue weighted by Crippen LogP contribution is 2.27. The molecule has 1 aromatic heterocycles. The van der Waals surface area contributed by atoms with E-state index in [2.05, 4.69) is 5.32 Å². The summed E-state index contributed by atoms with van der Waals surface area (Å²) in [6.45, 7) is 1.35. The van der Waals surface area contributed by atoms with Crippen LogP contribution in [-0.2, 0) is 4.74 Å². The van der Waals surface area contributed by atoms with Crippen LogP contribution in [0.4, 0.5) is 0 Å². The molecule has 1 fully saturated rings. The number of hydrogen-bond acceptors (Lipinski definition) is 4. The van der Waals surface area contributed by atoms with E-state index in [0.29, 0.717) is 12.1 Å². The fourth-order valence-corrected chi connectivity index (χ4v) is 3.51. The molecule has 5 nitrogen and oxygen atoms in total. The maximum atomic E-state index is 12.4. The van der Waals surface area contributed by atoms with Gasteiger partial charge in [-0.05, 0) is 43.5 Å². The van der Waals surface area contributed by atoms with Crippen molar-refractivity contribution < 1.29 is 14.3 Å². The van der Waals surface area contributed by atoms with Crippen molar-refractivity contribution in [2.45, 2.75) is 25.4 Å². The Balaban J connectivity index is 1.48. The summed E-state index contributed by atoms with van der Waals surface area (Å²) in [5.41, 5.74) is 3.27. The lowest BCUT2D eigenvalue weighted by atomic mass is 10.1. The van der Waals surface area contributed by atoms with Crippen LogP contribution in [-0.4, -0.2) is 37.3 Å². The number of methoxy groups -OCH3 is 1. The standard InChI is InChI=1S/C23H24N2O3/c1-27-21-7-4-5-17-12-13-20(25-22(17)21)16-8-10-18(11-9-16)23(26)24-15-19-6-2-3-14-28-19/h4-5,7-13,19H,2-3,6,14-15H2,1H3,(H,24,26)/t19-/m1/s1. The van der Waals surface area contributed by atoms with Gasteiger partial charge in [-0.1, -0.05) is 30.3 Å². The van der Waals surface area contributed by atoms with Gasteiger partial charge in [-0.2, -0.15) is 0 Å². The van der Waals surface area contributed by atoms with Crippen LogP contribution in [0, 0.1) is 0 Å². The van der Waals surface area contributed by atoms with E-state index in [1.165, 1.54) is 6.42 Å². The first-order valence-electron chi connectivity index (χ1n) is 9.68. The maximum absolute atomic E-state index is 12.4. The van der Waals surface area contributed by atoms with Gasteiger partial charge in [0, 0.05) is 29.7 Å². The van der Waals surface area contributed by atoms with E-state index in [-0.39, 0.29) is 12.0 Å². The van der Waals surface area contributed by atoms with E-state index in [0.717, 1.165) is 47.4 Å². The lowest BCUT2D eigenvalue weighted by Gasteiger charge is -2.22. The zero-order chi connectivity index (χ0) is 19.3. The first-order chi connectivity index (χ1) is 13.7. The summed E-state index contributed by atoms with van der Waals surface area (Å²) in [5, 5.41) is 4.00. The van der Waals surface area contributed by atoms with E-state index in [1.807, 2.05) is 54.6 Å². The number of carbonyl (C=O) groups excluding carboxylic acids is 1. The van der Waals surface area contributed by atoms with Gasteiger partial charge in [0.15, 0.2) is 0 Å². The smallest absolute Gasteiger partial charge is 0.251 e. The Morgan fingerprint density at radius 3 is 2.75 bits per heavy atom. The number of nitrogens with one attached hydrogen (secondary N) is 1. The van der Waals surface area contributed by atoms with Crippen LogP contribution in [0.3, 0.4) is 0 Å². The molecule has 4 rings (SSSR count). The molecule has 1 aliphatic rings. The number of rotatable bonds is 5. The second kappa shape index (κ2) is 8.40. The number of aromatic nitrogens is 1. The van der Waals surface area contributed by atoms with Crippen LogP contribution >= 0.6 is 0 Å². The van der Waals surface area contributed by atoms with Crippen LogP contribution in [0.25, 0.3) is 22.2 Å². The minimum Gasteiger partial charge on any atom is -0.494 e. The Bertz CT molecular complexity index is 963. The van der Waals surface area contributed by atoms with Crippen LogP contribution in [0.5, 0.6) is 5.75 Å². The zero-order valence-electron chi connectivity index (χ0n) is 16.0. The topological polar surface area (TPSA) is 60.5 Å². The van der Waals surface area contributed by atoms with Gasteiger partial charge in [0.2, 0.25) is 0 Å². The SMILES string of the molecule is COc1cccc2ccc(-c3ccc(C(=O)NC[C@H]4CCCCO4)cc3)nc12. The molecule has 0 radical (unpaired) electrons. The van der Waals surface area contributed by atoms with Crippen LogP contribution in [0.2, 0.25) is 0 Å². The van der Waals surface area contributed by atoms with Gasteiger partial charge in [-0.3, -0.25) is 4.79 Å². The van der Waals surface area contributed by atoms with Crippen molar-refractivity contribution in [1.82, 2.24) is 10.3 Å². The number of para-hydroxylation sites is 1. The third-order valence-electron chi connectivity index (χ3n) is 5.11. The molecule has 1 saturated heterocycles. The molecular formula is C23H24N2O3. The number of ether oxygens (including phenoxy) is 2. The molecule has 1 aliphatic heterocycles. The number of pyridine rings is 1. The molecule has 0 bridgehead atoms. The van der Waals surface area contributed by atoms with Crippen molar-refractivity contribution in [3.05, 3.63) is 60.2 Å². The average molecular weight is 376 g/mol. The predicted octanol–water partition coefficient (Wildman–Crippen LogP) is 4.21. The van der Waals surface area contributed by atoms with Gasteiger partial charge >= 0.3 is 0 Å². The number of hydrogen-bond donors (Lipinski definition) is 1. The molecule has 2 heterocycles. The Labute approximate surface area is 164 Å². The number of amides is 1. The molecule has 0 spiro atoms. The van der Waals surface area contributed by atoms with Gasteiger partial charge in [-0.25, -0.2) is 4.98 Å². The van der Waals surface area contributed by atoms with Gasteiger partial charge < -0.3 is 14.8 Å². The quantitative estimate of drug-likeness (QED) is 0.725. The van der Waals surface area contributed by atoms with Crippen molar-refractivity contribution in [2.24, 2.45) is 0 Å². The zero-order valence-corrected chi connectivity index (χ0v) is 16.0. The fraction of sp³-hybridized carbons (Fsp3) is 0.304. The lowest BCUT2D eigenvalue weighted by Crippen LogP contribution is -2.35. The third-order valence-corrected chi connectivity index (χ3v) is 5.11. The summed E-state index contributed by atoms with van der Waals surface area (Å²) >= 11 is 0. The molecule has 144 valence electrons. The fourth-order valence-electron chi connectivity index (χ4n) is 3.51. The van der Waals surface area contributed by atoms with E-state index >= 15 is 0 Å². The molecule has 2 aromatic carbocycles. The Kier molecular flexibility index (Phi) is 5.53. The minimum atomic E-state index is -0.0751. The highest BCUT2D eigenvalue weighted by atomic mass is 16.5. The maximum Gasteiger partial charge on any atom is 0.251 e. The highest BCUT2D eigenvalue weighted by Gasteiger charge is 2.15. The number of carbonyl (C=O) groups is 1. The molecule has 5 heteroatoms. The summed E-state index contributed by atoms with van der Waals surface area (Å²) in [7, 11) is 1.65. The van der Waals surface area contributed by atoms with Crippen molar-refractivity contribution in [3.8, 4) is 17.0 Å². The molecule has 0 unspecified atom stereocenters. The van der Waals surface area contributed by atoms with Crippen LogP contribution < -0.4 is 10.1 Å². The Morgan fingerprint density at radius 1 is 1.14 bits per heavy atom. The highest BCUT2D eigenvalue weighted by molar-refractivity contribution is 5.94. The second-order valence-electron chi connectivity index (χ2n) is 7.00. The normalized spacial score (nSPS) is 16.7. The number of benzene rings is 2. The monoisotopic (exact) mass is 376 g/mol. The molecular weight excluding hydrogens is 352 g/mol. The largest absolute Gasteiger partial charge is 0.494 e. The van der Waals surface area contributed by atoms with Gasteiger partial charge in [-0.15, -0.1) is 0 Å². The summed E-state index contributed by atoms with van der Waals surface area (Å²) in [4.78, 5) is 17.1. The average Bonchev–Trinajstić information content (AvgIpc) is 2.77.